The first-order valence-corrected chi connectivity index (χ1v) is 12.0. The van der Waals surface area contributed by atoms with Gasteiger partial charge in [0.15, 0.2) is 5.96 Å². The molecule has 0 radical (unpaired) electrons. The molecule has 3 rings (SSSR count). The van der Waals surface area contributed by atoms with E-state index in [1.807, 2.05) is 36.4 Å². The summed E-state index contributed by atoms with van der Waals surface area (Å²) in [4.78, 5) is 37.1. The summed E-state index contributed by atoms with van der Waals surface area (Å²) < 4.78 is 0. The molecule has 0 aliphatic rings. The summed E-state index contributed by atoms with van der Waals surface area (Å²) in [6.45, 7) is -0.151. The van der Waals surface area contributed by atoms with E-state index in [9.17, 15) is 14.4 Å². The lowest BCUT2D eigenvalue weighted by Crippen LogP contribution is -2.40. The number of nitrogens with zero attached hydrogens (tertiary/aromatic N) is 1. The Morgan fingerprint density at radius 1 is 0.868 bits per heavy atom. The van der Waals surface area contributed by atoms with Gasteiger partial charge in [-0.3, -0.25) is 19.8 Å². The number of anilines is 1. The van der Waals surface area contributed by atoms with Gasteiger partial charge in [0.2, 0.25) is 5.91 Å². The van der Waals surface area contributed by atoms with Crippen LogP contribution in [-0.2, 0) is 4.79 Å². The molecule has 3 amide bonds. The molecule has 0 saturated heterocycles. The van der Waals surface area contributed by atoms with Crippen LogP contribution in [0.4, 0.5) is 5.69 Å². The van der Waals surface area contributed by atoms with Gasteiger partial charge >= 0.3 is 0 Å². The van der Waals surface area contributed by atoms with E-state index in [0.717, 1.165) is 11.1 Å². The van der Waals surface area contributed by atoms with Crippen LogP contribution >= 0.6 is 23.2 Å². The molecule has 0 aliphatic heterocycles. The van der Waals surface area contributed by atoms with Crippen LogP contribution in [0.2, 0.25) is 10.0 Å². The molecule has 0 aromatic heterocycles. The van der Waals surface area contributed by atoms with Crippen LogP contribution < -0.4 is 27.0 Å². The lowest BCUT2D eigenvalue weighted by atomic mass is 10.0. The lowest BCUT2D eigenvalue weighted by Gasteiger charge is -2.12. The predicted octanol–water partition coefficient (Wildman–Crippen LogP) is 3.11. The van der Waals surface area contributed by atoms with Crippen molar-refractivity contribution in [3.05, 3.63) is 87.4 Å². The zero-order valence-electron chi connectivity index (χ0n) is 19.9. The molecular formula is C26H23Cl2N7O3. The van der Waals surface area contributed by atoms with Crippen LogP contribution in [0.5, 0.6) is 0 Å². The van der Waals surface area contributed by atoms with Crippen LogP contribution in [0.1, 0.15) is 26.3 Å². The highest BCUT2D eigenvalue weighted by Gasteiger charge is 2.17. The smallest absolute Gasteiger partial charge is 0.254 e. The Bertz CT molecular complexity index is 1400. The van der Waals surface area contributed by atoms with Gasteiger partial charge in [0.1, 0.15) is 0 Å². The maximum Gasteiger partial charge on any atom is 0.254 e. The summed E-state index contributed by atoms with van der Waals surface area (Å²) in [7, 11) is 0. The van der Waals surface area contributed by atoms with Crippen molar-refractivity contribution in [1.29, 1.82) is 10.7 Å². The number of halogens is 2. The first kappa shape index (κ1) is 28.0. The average molecular weight is 552 g/mol. The Hall–Kier alpha value is -4.59. The molecule has 7 N–H and O–H groups in total. The number of hydrogen-bond donors (Lipinski definition) is 6. The highest BCUT2D eigenvalue weighted by atomic mass is 35.5. The van der Waals surface area contributed by atoms with Crippen molar-refractivity contribution in [2.75, 3.05) is 25.0 Å². The molecule has 3 aromatic rings. The number of nitrogens with two attached hydrogens (primary N) is 1. The zero-order chi connectivity index (χ0) is 27.7. The Balaban J connectivity index is 1.48. The normalized spacial score (nSPS) is 10.1. The summed E-state index contributed by atoms with van der Waals surface area (Å²) in [6, 6.07) is 18.9. The average Bonchev–Trinajstić information content (AvgIpc) is 2.89. The van der Waals surface area contributed by atoms with E-state index < -0.39 is 17.7 Å². The third-order valence-electron chi connectivity index (χ3n) is 5.12. The first-order valence-electron chi connectivity index (χ1n) is 11.2. The van der Waals surface area contributed by atoms with Gasteiger partial charge in [0.05, 0.1) is 33.8 Å². The molecule has 0 spiro atoms. The molecule has 38 heavy (non-hydrogen) atoms. The number of amides is 3. The van der Waals surface area contributed by atoms with Gasteiger partial charge in [-0.15, -0.1) is 0 Å². The van der Waals surface area contributed by atoms with Gasteiger partial charge in [-0.2, -0.15) is 5.26 Å². The second-order valence-electron chi connectivity index (χ2n) is 7.92. The molecule has 3 aromatic carbocycles. The van der Waals surface area contributed by atoms with Gasteiger partial charge in [-0.25, -0.2) is 0 Å². The second-order valence-corrected chi connectivity index (χ2v) is 8.73. The van der Waals surface area contributed by atoms with E-state index in [-0.39, 0.29) is 58.0 Å². The quantitative estimate of drug-likeness (QED) is 0.135. The van der Waals surface area contributed by atoms with Crippen LogP contribution in [-0.4, -0.2) is 43.3 Å². The van der Waals surface area contributed by atoms with Gasteiger partial charge in [-0.05, 0) is 41.5 Å². The highest BCUT2D eigenvalue weighted by Crippen LogP contribution is 2.31. The SMILES string of the molecule is N#Cc1cc(NC(=N)N)cc(C(=O)NCC(=O)NCCNC(=O)c2c(Cl)cc(-c3ccccc3)cc2Cl)c1. The summed E-state index contributed by atoms with van der Waals surface area (Å²) in [5, 5.41) is 27.0. The molecule has 0 fully saturated rings. The van der Waals surface area contributed by atoms with E-state index >= 15 is 0 Å². The molecule has 194 valence electrons. The fourth-order valence-electron chi connectivity index (χ4n) is 3.43. The number of nitrogens with one attached hydrogen (secondary N) is 5. The van der Waals surface area contributed by atoms with E-state index in [0.29, 0.717) is 0 Å². The third kappa shape index (κ3) is 7.70. The Morgan fingerprint density at radius 2 is 1.53 bits per heavy atom. The van der Waals surface area contributed by atoms with Crippen molar-refractivity contribution in [3.63, 3.8) is 0 Å². The lowest BCUT2D eigenvalue weighted by molar-refractivity contribution is -0.120. The van der Waals surface area contributed by atoms with Gasteiger partial charge in [0, 0.05) is 24.3 Å². The summed E-state index contributed by atoms with van der Waals surface area (Å²) in [5.41, 5.74) is 7.68. The summed E-state index contributed by atoms with van der Waals surface area (Å²) in [5.74, 6) is -1.93. The molecule has 0 atom stereocenters. The molecule has 0 bridgehead atoms. The molecular weight excluding hydrogens is 529 g/mol. The van der Waals surface area contributed by atoms with Crippen LogP contribution in [0.15, 0.2) is 60.7 Å². The highest BCUT2D eigenvalue weighted by molar-refractivity contribution is 6.40. The van der Waals surface area contributed by atoms with E-state index in [2.05, 4.69) is 21.3 Å². The van der Waals surface area contributed by atoms with Crippen molar-refractivity contribution in [2.45, 2.75) is 0 Å². The largest absolute Gasteiger partial charge is 0.370 e. The van der Waals surface area contributed by atoms with Crippen LogP contribution in [0.3, 0.4) is 0 Å². The minimum absolute atomic E-state index is 0.0916. The number of nitriles is 1. The zero-order valence-corrected chi connectivity index (χ0v) is 21.4. The standard InChI is InChI=1S/C26H23Cl2N7O3/c27-20-11-17(16-4-2-1-3-5-16)12-21(28)23(20)25(38)33-7-6-32-22(36)14-34-24(37)18-8-15(13-29)9-19(10-18)35-26(30)31/h1-5,8-12H,6-7,14H2,(H,32,36)(H,33,38)(H,34,37)(H4,30,31,35). The predicted molar refractivity (Wildman–Crippen MR) is 146 cm³/mol. The minimum atomic E-state index is -0.597. The summed E-state index contributed by atoms with van der Waals surface area (Å²) >= 11 is 12.6. The second kappa shape index (κ2) is 13.1. The van der Waals surface area contributed by atoms with Crippen LogP contribution in [0.25, 0.3) is 11.1 Å². The maximum absolute atomic E-state index is 12.6. The Kier molecular flexibility index (Phi) is 9.65. The number of carbonyl (C=O) groups excluding carboxylic acids is 3. The topological polar surface area (TPSA) is 173 Å². The molecule has 12 heteroatoms. The molecule has 10 nitrogen and oxygen atoms in total. The van der Waals surface area contributed by atoms with Crippen molar-refractivity contribution in [3.8, 4) is 17.2 Å². The fourth-order valence-corrected chi connectivity index (χ4v) is 4.09. The van der Waals surface area contributed by atoms with Gasteiger partial charge in [0.25, 0.3) is 11.8 Å². The molecule has 0 heterocycles. The third-order valence-corrected chi connectivity index (χ3v) is 5.72. The van der Waals surface area contributed by atoms with E-state index in [1.165, 1.54) is 18.2 Å². The van der Waals surface area contributed by atoms with Crippen molar-refractivity contribution in [1.82, 2.24) is 16.0 Å². The first-order chi connectivity index (χ1) is 18.2. The van der Waals surface area contributed by atoms with Gasteiger partial charge < -0.3 is 27.0 Å². The van der Waals surface area contributed by atoms with Crippen molar-refractivity contribution >= 4 is 52.6 Å². The van der Waals surface area contributed by atoms with Crippen LogP contribution in [0, 0.1) is 16.7 Å². The van der Waals surface area contributed by atoms with Crippen molar-refractivity contribution in [2.24, 2.45) is 5.73 Å². The number of carbonyl (C=O) groups is 3. The number of hydrogen-bond acceptors (Lipinski definition) is 5. The maximum atomic E-state index is 12.6. The Morgan fingerprint density at radius 3 is 2.16 bits per heavy atom. The Labute approximate surface area is 228 Å². The monoisotopic (exact) mass is 551 g/mol. The minimum Gasteiger partial charge on any atom is -0.370 e. The number of guanidine groups is 1. The fraction of sp³-hybridized carbons (Fsp3) is 0.115. The molecule has 0 unspecified atom stereocenters. The molecule has 0 saturated carbocycles. The number of benzene rings is 3. The summed E-state index contributed by atoms with van der Waals surface area (Å²) in [6.07, 6.45) is 0. The number of rotatable bonds is 9. The van der Waals surface area contributed by atoms with E-state index in [4.69, 9.17) is 39.6 Å². The van der Waals surface area contributed by atoms with Crippen molar-refractivity contribution < 1.29 is 14.4 Å². The van der Waals surface area contributed by atoms with Gasteiger partial charge in [-0.1, -0.05) is 53.5 Å². The van der Waals surface area contributed by atoms with E-state index in [1.54, 1.807) is 12.1 Å². The molecule has 0 aliphatic carbocycles.